The zero-order chi connectivity index (χ0) is 15.6. The molecule has 2 rings (SSSR count). The summed E-state index contributed by atoms with van der Waals surface area (Å²) in [7, 11) is -3.78. The Kier molecular flexibility index (Phi) is 6.30. The van der Waals surface area contributed by atoms with E-state index in [9.17, 15) is 18.5 Å². The van der Waals surface area contributed by atoms with E-state index in [-0.39, 0.29) is 40.5 Å². The molecule has 0 spiro atoms. The van der Waals surface area contributed by atoms with Crippen LogP contribution in [0.4, 0.5) is 5.69 Å². The zero-order valence-electron chi connectivity index (χ0n) is 12.2. The third-order valence-electron chi connectivity index (χ3n) is 4.01. The molecule has 0 aromatic heterocycles. The first kappa shape index (κ1) is 18.8. The highest BCUT2D eigenvalue weighted by Crippen LogP contribution is 2.28. The number of halogens is 1. The maximum Gasteiger partial charge on any atom is 0.273 e. The first-order valence-corrected chi connectivity index (χ1v) is 8.31. The first-order valence-electron chi connectivity index (χ1n) is 6.83. The van der Waals surface area contributed by atoms with Gasteiger partial charge in [-0.1, -0.05) is 12.5 Å². The van der Waals surface area contributed by atoms with Gasteiger partial charge in [0.15, 0.2) is 0 Å². The van der Waals surface area contributed by atoms with Gasteiger partial charge in [-0.05, 0) is 38.3 Å². The Hall–Kier alpha value is -1.22. The van der Waals surface area contributed by atoms with E-state index in [4.69, 9.17) is 5.73 Å². The molecule has 0 heterocycles. The molecule has 0 saturated heterocycles. The zero-order valence-corrected chi connectivity index (χ0v) is 13.8. The Bertz CT molecular complexity index is 651. The number of hydrogen-bond acceptors (Lipinski definition) is 5. The van der Waals surface area contributed by atoms with Crippen LogP contribution >= 0.6 is 12.4 Å². The van der Waals surface area contributed by atoms with Gasteiger partial charge in [0.1, 0.15) is 0 Å². The molecule has 1 aliphatic rings. The Morgan fingerprint density at radius 1 is 1.41 bits per heavy atom. The second-order valence-electron chi connectivity index (χ2n) is 5.31. The summed E-state index contributed by atoms with van der Waals surface area (Å²) in [6, 6.07) is 3.87. The Morgan fingerprint density at radius 3 is 2.68 bits per heavy atom. The summed E-state index contributed by atoms with van der Waals surface area (Å²) in [6.45, 7) is 1.88. The van der Waals surface area contributed by atoms with Crippen LogP contribution < -0.4 is 10.5 Å². The molecule has 1 aromatic carbocycles. The number of sulfonamides is 1. The van der Waals surface area contributed by atoms with Gasteiger partial charge in [0.05, 0.1) is 9.82 Å². The molecule has 1 fully saturated rings. The second-order valence-corrected chi connectivity index (χ2v) is 6.99. The van der Waals surface area contributed by atoms with Crippen molar-refractivity contribution < 1.29 is 13.3 Å². The number of nitro groups is 1. The summed E-state index contributed by atoms with van der Waals surface area (Å²) < 4.78 is 27.6. The summed E-state index contributed by atoms with van der Waals surface area (Å²) in [4.78, 5) is 10.3. The van der Waals surface area contributed by atoms with Crippen molar-refractivity contribution in [3.8, 4) is 0 Å². The van der Waals surface area contributed by atoms with Gasteiger partial charge in [0.25, 0.3) is 5.69 Å². The highest BCUT2D eigenvalue weighted by molar-refractivity contribution is 7.89. The molecule has 124 valence electrons. The highest BCUT2D eigenvalue weighted by Gasteiger charge is 2.32. The lowest BCUT2D eigenvalue weighted by Gasteiger charge is -2.20. The maximum absolute atomic E-state index is 12.5. The minimum absolute atomic E-state index is 0. The molecule has 22 heavy (non-hydrogen) atoms. The Morgan fingerprint density at radius 2 is 2.09 bits per heavy atom. The lowest BCUT2D eigenvalue weighted by atomic mass is 10.1. The van der Waals surface area contributed by atoms with Crippen LogP contribution in [0.5, 0.6) is 0 Å². The van der Waals surface area contributed by atoms with E-state index in [1.807, 2.05) is 0 Å². The molecule has 9 heteroatoms. The third kappa shape index (κ3) is 3.75. The average Bonchev–Trinajstić information content (AvgIpc) is 2.84. The van der Waals surface area contributed by atoms with E-state index >= 15 is 0 Å². The van der Waals surface area contributed by atoms with Crippen LogP contribution in [-0.4, -0.2) is 25.9 Å². The van der Waals surface area contributed by atoms with Gasteiger partial charge < -0.3 is 5.73 Å². The SMILES string of the molecule is Cc1c([N+](=O)[O-])cccc1S(=O)(=O)NC1CCCC1CN.Cl. The van der Waals surface area contributed by atoms with Gasteiger partial charge in [-0.25, -0.2) is 13.1 Å². The number of benzene rings is 1. The fourth-order valence-electron chi connectivity index (χ4n) is 2.83. The summed E-state index contributed by atoms with van der Waals surface area (Å²) in [6.07, 6.45) is 2.58. The monoisotopic (exact) mass is 349 g/mol. The minimum atomic E-state index is -3.78. The molecular formula is C13H20ClN3O4S. The van der Waals surface area contributed by atoms with Gasteiger partial charge >= 0.3 is 0 Å². The van der Waals surface area contributed by atoms with E-state index < -0.39 is 14.9 Å². The fraction of sp³-hybridized carbons (Fsp3) is 0.538. The molecule has 1 aliphatic carbocycles. The quantitative estimate of drug-likeness (QED) is 0.620. The minimum Gasteiger partial charge on any atom is -0.330 e. The molecule has 0 bridgehead atoms. The van der Waals surface area contributed by atoms with Gasteiger partial charge in [-0.2, -0.15) is 0 Å². The number of nitrogens with one attached hydrogen (secondary N) is 1. The number of nitrogens with zero attached hydrogens (tertiary/aromatic N) is 1. The molecule has 1 saturated carbocycles. The highest BCUT2D eigenvalue weighted by atomic mass is 35.5. The molecule has 7 nitrogen and oxygen atoms in total. The predicted molar refractivity (Wildman–Crippen MR) is 85.6 cm³/mol. The molecule has 3 N–H and O–H groups in total. The molecule has 0 amide bonds. The second kappa shape index (κ2) is 7.36. The van der Waals surface area contributed by atoms with Crippen LogP contribution in [0.2, 0.25) is 0 Å². The largest absolute Gasteiger partial charge is 0.330 e. The van der Waals surface area contributed by atoms with Crippen LogP contribution in [0.25, 0.3) is 0 Å². The summed E-state index contributed by atoms with van der Waals surface area (Å²) >= 11 is 0. The Balaban J connectivity index is 0.00000242. The molecule has 1 aromatic rings. The van der Waals surface area contributed by atoms with Crippen LogP contribution in [0.1, 0.15) is 24.8 Å². The van der Waals surface area contributed by atoms with E-state index in [2.05, 4.69) is 4.72 Å². The summed E-state index contributed by atoms with van der Waals surface area (Å²) in [5.74, 6) is 0.124. The lowest BCUT2D eigenvalue weighted by molar-refractivity contribution is -0.385. The van der Waals surface area contributed by atoms with Crippen molar-refractivity contribution in [2.24, 2.45) is 11.7 Å². The van der Waals surface area contributed by atoms with E-state index in [1.165, 1.54) is 25.1 Å². The molecule has 0 radical (unpaired) electrons. The van der Waals surface area contributed by atoms with Crippen molar-refractivity contribution in [1.29, 1.82) is 0 Å². The van der Waals surface area contributed by atoms with Crippen molar-refractivity contribution >= 4 is 28.1 Å². The molecule has 2 atom stereocenters. The maximum atomic E-state index is 12.5. The standard InChI is InChI=1S/C13H19N3O4S.ClH/c1-9-12(16(17)18)6-3-7-13(9)21(19,20)15-11-5-2-4-10(11)8-14;/h3,6-7,10-11,15H,2,4-5,8,14H2,1H3;1H. The van der Waals surface area contributed by atoms with Gasteiger partial charge in [0, 0.05) is 17.7 Å². The average molecular weight is 350 g/mol. The topological polar surface area (TPSA) is 115 Å². The van der Waals surface area contributed by atoms with Crippen LogP contribution in [0.15, 0.2) is 23.1 Å². The lowest BCUT2D eigenvalue weighted by Crippen LogP contribution is -2.40. The molecule has 0 aliphatic heterocycles. The number of hydrogen-bond donors (Lipinski definition) is 2. The number of nitrogens with two attached hydrogens (primary N) is 1. The normalized spacial score (nSPS) is 21.4. The summed E-state index contributed by atoms with van der Waals surface area (Å²) in [5, 5.41) is 10.9. The smallest absolute Gasteiger partial charge is 0.273 e. The predicted octanol–water partition coefficient (Wildman–Crippen LogP) is 1.73. The van der Waals surface area contributed by atoms with Crippen LogP contribution in [0, 0.1) is 23.0 Å². The van der Waals surface area contributed by atoms with Crippen LogP contribution in [0.3, 0.4) is 0 Å². The number of rotatable bonds is 5. The van der Waals surface area contributed by atoms with Crippen molar-refractivity contribution in [2.45, 2.75) is 37.1 Å². The van der Waals surface area contributed by atoms with Crippen LogP contribution in [-0.2, 0) is 10.0 Å². The van der Waals surface area contributed by atoms with E-state index in [1.54, 1.807) is 0 Å². The third-order valence-corrected chi connectivity index (χ3v) is 5.64. The summed E-state index contributed by atoms with van der Waals surface area (Å²) in [5.41, 5.74) is 5.61. The van der Waals surface area contributed by atoms with Gasteiger partial charge in [-0.3, -0.25) is 10.1 Å². The number of nitro benzene ring substituents is 1. The molecule has 2 unspecified atom stereocenters. The van der Waals surface area contributed by atoms with Gasteiger partial charge in [0.2, 0.25) is 10.0 Å². The van der Waals surface area contributed by atoms with E-state index in [0.29, 0.717) is 6.54 Å². The van der Waals surface area contributed by atoms with Crippen molar-refractivity contribution in [2.75, 3.05) is 6.54 Å². The van der Waals surface area contributed by atoms with E-state index in [0.717, 1.165) is 19.3 Å². The first-order chi connectivity index (χ1) is 9.86. The van der Waals surface area contributed by atoms with Gasteiger partial charge in [-0.15, -0.1) is 12.4 Å². The van der Waals surface area contributed by atoms with Crippen molar-refractivity contribution in [1.82, 2.24) is 4.72 Å². The van der Waals surface area contributed by atoms with Crippen molar-refractivity contribution in [3.63, 3.8) is 0 Å². The molecular weight excluding hydrogens is 330 g/mol. The Labute approximate surface area is 135 Å². The van der Waals surface area contributed by atoms with Crippen molar-refractivity contribution in [3.05, 3.63) is 33.9 Å². The fourth-order valence-corrected chi connectivity index (χ4v) is 4.43.